The summed E-state index contributed by atoms with van der Waals surface area (Å²) in [7, 11) is -2.93. The molecule has 0 unspecified atom stereocenters. The van der Waals surface area contributed by atoms with E-state index < -0.39 is 16.6 Å². The average molecular weight is 693 g/mol. The number of aliphatic hydroxyl groups is 1. The molecule has 5 nitrogen and oxygen atoms in total. The molecule has 2 aromatic rings. The van der Waals surface area contributed by atoms with Gasteiger partial charge in [-0.1, -0.05) is 115 Å². The van der Waals surface area contributed by atoms with Crippen molar-refractivity contribution >= 4 is 27.0 Å². The van der Waals surface area contributed by atoms with Crippen LogP contribution in [0.15, 0.2) is 72.3 Å². The molecule has 0 aromatic heterocycles. The van der Waals surface area contributed by atoms with Gasteiger partial charge < -0.3 is 23.4 Å². The first-order chi connectivity index (χ1) is 22.6. The lowest BCUT2D eigenvalue weighted by molar-refractivity contribution is -0.203. The van der Waals surface area contributed by atoms with Crippen LogP contribution in [-0.2, 0) is 18.3 Å². The van der Waals surface area contributed by atoms with Crippen LogP contribution in [0.2, 0.25) is 23.2 Å². The van der Waals surface area contributed by atoms with Crippen LogP contribution < -0.4 is 10.4 Å². The van der Waals surface area contributed by atoms with E-state index in [0.29, 0.717) is 11.8 Å². The lowest BCUT2D eigenvalue weighted by atomic mass is 9.62. The normalized spacial score (nSPS) is 30.4. The van der Waals surface area contributed by atoms with Gasteiger partial charge in [0, 0.05) is 19.4 Å². The van der Waals surface area contributed by atoms with Crippen molar-refractivity contribution in [2.24, 2.45) is 17.8 Å². The largest absolute Gasteiger partial charge is 0.413 e. The third-order valence-electron chi connectivity index (χ3n) is 12.2. The molecule has 48 heavy (non-hydrogen) atoms. The first-order valence-electron chi connectivity index (χ1n) is 18.6. The van der Waals surface area contributed by atoms with Gasteiger partial charge in [0.15, 0.2) is 14.6 Å². The van der Waals surface area contributed by atoms with Crippen molar-refractivity contribution in [3.05, 3.63) is 72.3 Å². The SMILES string of the molecule is CO[C@H]1C[C@H](O[Si](c2ccccc2)(c2ccccc2)C(C)(C)C)C[C@@H](CC[C@@H]2[C@@H]3C(=CCC[C@@H]3O[Si](C)(C)C(C)(C)C)[C@@H](O)C[C@@H]2C)O1. The van der Waals surface area contributed by atoms with E-state index in [2.05, 4.69) is 128 Å². The lowest BCUT2D eigenvalue weighted by Gasteiger charge is -2.50. The van der Waals surface area contributed by atoms with Crippen LogP contribution in [0.1, 0.15) is 93.4 Å². The molecule has 266 valence electrons. The molecule has 0 bridgehead atoms. The molecule has 1 saturated carbocycles. The van der Waals surface area contributed by atoms with Crippen molar-refractivity contribution in [3.8, 4) is 0 Å². The minimum atomic E-state index is -2.71. The van der Waals surface area contributed by atoms with E-state index in [1.165, 1.54) is 15.9 Å². The Morgan fingerprint density at radius 1 is 0.812 bits per heavy atom. The van der Waals surface area contributed by atoms with Crippen LogP contribution in [0.5, 0.6) is 0 Å². The van der Waals surface area contributed by atoms with E-state index >= 15 is 0 Å². The van der Waals surface area contributed by atoms with E-state index in [9.17, 15) is 5.11 Å². The zero-order chi connectivity index (χ0) is 34.9. The van der Waals surface area contributed by atoms with Gasteiger partial charge in [0.2, 0.25) is 0 Å². The molecule has 8 atom stereocenters. The van der Waals surface area contributed by atoms with Crippen LogP contribution in [0.4, 0.5) is 0 Å². The molecule has 1 heterocycles. The second-order valence-electron chi connectivity index (χ2n) is 17.5. The van der Waals surface area contributed by atoms with Gasteiger partial charge in [0.1, 0.15) is 0 Å². The maximum absolute atomic E-state index is 11.3. The fourth-order valence-electron chi connectivity index (χ4n) is 8.68. The Balaban J connectivity index is 1.39. The molecule has 2 aromatic carbocycles. The topological polar surface area (TPSA) is 57.2 Å². The number of methoxy groups -OCH3 is 1. The quantitative estimate of drug-likeness (QED) is 0.200. The predicted molar refractivity (Wildman–Crippen MR) is 203 cm³/mol. The summed E-state index contributed by atoms with van der Waals surface area (Å²) in [6.07, 6.45) is 8.33. The van der Waals surface area contributed by atoms with Crippen molar-refractivity contribution in [1.29, 1.82) is 0 Å². The molecular weight excluding hydrogens is 629 g/mol. The number of hydrogen-bond donors (Lipinski definition) is 1. The Labute approximate surface area is 294 Å². The van der Waals surface area contributed by atoms with Crippen LogP contribution in [0.25, 0.3) is 0 Å². The Kier molecular flexibility index (Phi) is 11.7. The summed E-state index contributed by atoms with van der Waals surface area (Å²) in [4.78, 5) is 0. The molecule has 2 aliphatic carbocycles. The van der Waals surface area contributed by atoms with Crippen molar-refractivity contribution < 1.29 is 23.4 Å². The van der Waals surface area contributed by atoms with Crippen LogP contribution in [-0.4, -0.2) is 59.6 Å². The van der Waals surface area contributed by atoms with Crippen LogP contribution in [0.3, 0.4) is 0 Å². The number of ether oxygens (including phenoxy) is 2. The van der Waals surface area contributed by atoms with Gasteiger partial charge in [-0.2, -0.15) is 0 Å². The van der Waals surface area contributed by atoms with E-state index in [4.69, 9.17) is 18.3 Å². The molecule has 1 N–H and O–H groups in total. The van der Waals surface area contributed by atoms with Crippen LogP contribution >= 0.6 is 0 Å². The molecule has 1 aliphatic heterocycles. The summed E-state index contributed by atoms with van der Waals surface area (Å²) >= 11 is 0. The number of fused-ring (bicyclic) bond motifs is 1. The fraction of sp³-hybridized carbons (Fsp3) is 0.659. The minimum Gasteiger partial charge on any atom is -0.413 e. The van der Waals surface area contributed by atoms with Gasteiger partial charge in [-0.3, -0.25) is 0 Å². The van der Waals surface area contributed by atoms with E-state index in [1.807, 2.05) is 0 Å². The summed E-state index contributed by atoms with van der Waals surface area (Å²) in [5.41, 5.74) is 1.24. The molecule has 3 aliphatic rings. The van der Waals surface area contributed by atoms with E-state index in [-0.39, 0.29) is 46.7 Å². The third-order valence-corrected chi connectivity index (χ3v) is 21.8. The molecule has 1 saturated heterocycles. The number of benzene rings is 2. The standard InChI is InChI=1S/C41H64O5Si2/c1-29-26-36(42)35-22-17-23-37(46-47(9,10)40(2,3)4)39(35)34(29)25-24-30-27-31(28-38(43-8)44-30)45-48(41(5,6)7,32-18-13-11-14-19-32)33-20-15-12-16-21-33/h11-16,18-22,29-31,34,36-39,42H,17,23-28H2,1-10H3/t29-,30+,31+,34-,36-,37-,38+,39+/m0/s1. The summed E-state index contributed by atoms with van der Waals surface area (Å²) in [5, 5.41) is 13.9. The lowest BCUT2D eigenvalue weighted by Crippen LogP contribution is -2.68. The molecular formula is C41H64O5Si2. The zero-order valence-corrected chi connectivity index (χ0v) is 33.5. The Morgan fingerprint density at radius 3 is 1.96 bits per heavy atom. The molecule has 0 amide bonds. The maximum atomic E-state index is 11.3. The Bertz CT molecular complexity index is 1310. The molecule has 7 heteroatoms. The molecule has 0 radical (unpaired) electrons. The zero-order valence-electron chi connectivity index (χ0n) is 31.5. The maximum Gasteiger partial charge on any atom is 0.261 e. The Hall–Kier alpha value is -1.59. The first-order valence-corrected chi connectivity index (χ1v) is 23.4. The number of allylic oxidation sites excluding steroid dienone is 1. The first kappa shape index (κ1) is 37.7. The second kappa shape index (κ2) is 14.9. The van der Waals surface area contributed by atoms with E-state index in [0.717, 1.165) is 44.9 Å². The number of rotatable bonds is 10. The van der Waals surface area contributed by atoms with Gasteiger partial charge in [0.05, 0.1) is 24.4 Å². The van der Waals surface area contributed by atoms with Gasteiger partial charge in [-0.25, -0.2) is 0 Å². The number of aliphatic hydroxyl groups excluding tert-OH is 1. The molecule has 0 spiro atoms. The summed E-state index contributed by atoms with van der Waals surface area (Å²) in [6, 6.07) is 21.9. The van der Waals surface area contributed by atoms with Gasteiger partial charge in [-0.15, -0.1) is 0 Å². The smallest absolute Gasteiger partial charge is 0.261 e. The molecule has 2 fully saturated rings. The van der Waals surface area contributed by atoms with Gasteiger partial charge >= 0.3 is 0 Å². The van der Waals surface area contributed by atoms with Gasteiger partial charge in [-0.05, 0) is 89.5 Å². The predicted octanol–water partition coefficient (Wildman–Crippen LogP) is 8.61. The van der Waals surface area contributed by atoms with Crippen molar-refractivity contribution in [1.82, 2.24) is 0 Å². The second-order valence-corrected chi connectivity index (χ2v) is 26.5. The van der Waals surface area contributed by atoms with Gasteiger partial charge in [0.25, 0.3) is 8.32 Å². The highest BCUT2D eigenvalue weighted by atomic mass is 28.4. The Morgan fingerprint density at radius 2 is 1.42 bits per heavy atom. The number of hydrogen-bond acceptors (Lipinski definition) is 5. The third kappa shape index (κ3) is 7.83. The average Bonchev–Trinajstić information content (AvgIpc) is 3.03. The highest BCUT2D eigenvalue weighted by Crippen LogP contribution is 2.49. The summed E-state index contributed by atoms with van der Waals surface area (Å²) in [5.74, 6) is 1.12. The summed E-state index contributed by atoms with van der Waals surface area (Å²) < 4.78 is 27.4. The highest BCUT2D eigenvalue weighted by molar-refractivity contribution is 6.99. The monoisotopic (exact) mass is 692 g/mol. The van der Waals surface area contributed by atoms with Crippen molar-refractivity contribution in [3.63, 3.8) is 0 Å². The molecule has 5 rings (SSSR count). The summed E-state index contributed by atoms with van der Waals surface area (Å²) in [6.45, 7) is 21.1. The highest BCUT2D eigenvalue weighted by Gasteiger charge is 2.53. The fourth-order valence-corrected chi connectivity index (χ4v) is 14.8. The van der Waals surface area contributed by atoms with Crippen molar-refractivity contribution in [2.75, 3.05) is 7.11 Å². The van der Waals surface area contributed by atoms with E-state index in [1.54, 1.807) is 7.11 Å². The van der Waals surface area contributed by atoms with Crippen molar-refractivity contribution in [2.45, 2.75) is 147 Å². The minimum absolute atomic E-state index is 0.0189. The van der Waals surface area contributed by atoms with Crippen LogP contribution in [0, 0.1) is 17.8 Å².